The monoisotopic (exact) mass is 345 g/mol. The first-order valence-electron chi connectivity index (χ1n) is 7.69. The Morgan fingerprint density at radius 2 is 2.00 bits per heavy atom. The van der Waals surface area contributed by atoms with Crippen molar-refractivity contribution in [2.75, 3.05) is 25.5 Å². The Kier molecular flexibility index (Phi) is 4.38. The number of anilines is 1. The molecule has 1 amide bonds. The fourth-order valence-corrected chi connectivity index (χ4v) is 3.74. The van der Waals surface area contributed by atoms with E-state index in [1.54, 1.807) is 47.5 Å². The number of benzene rings is 1. The van der Waals surface area contributed by atoms with Crippen molar-refractivity contribution in [1.29, 1.82) is 0 Å². The van der Waals surface area contributed by atoms with Gasteiger partial charge in [0, 0.05) is 32.5 Å². The van der Waals surface area contributed by atoms with Crippen molar-refractivity contribution in [1.82, 2.24) is 9.29 Å². The van der Waals surface area contributed by atoms with E-state index in [9.17, 15) is 13.2 Å². The fourth-order valence-electron chi connectivity index (χ4n) is 2.78. The third-order valence-corrected chi connectivity index (χ3v) is 5.89. The van der Waals surface area contributed by atoms with Crippen LogP contribution in [-0.2, 0) is 16.4 Å². The number of aryl methyl sites for hydroxylation is 1. The molecule has 1 aliphatic heterocycles. The number of fused-ring (bicyclic) bond motifs is 1. The number of aromatic nitrogens is 1. The summed E-state index contributed by atoms with van der Waals surface area (Å²) >= 11 is 0. The number of nitrogens with zero attached hydrogens (tertiary/aromatic N) is 3. The summed E-state index contributed by atoms with van der Waals surface area (Å²) in [5, 5.41) is 0. The van der Waals surface area contributed by atoms with Crippen molar-refractivity contribution in [3.05, 3.63) is 53.9 Å². The standard InChI is InChI=1S/C17H19N3O3S/c1-19(2)24(22,23)14-8-9-16-13(12-14)6-5-11-20(16)17(21)15-7-3-4-10-18-15/h3-4,7-10,12H,5-6,11H2,1-2H3. The van der Waals surface area contributed by atoms with Crippen molar-refractivity contribution in [2.45, 2.75) is 17.7 Å². The molecule has 24 heavy (non-hydrogen) atoms. The predicted octanol–water partition coefficient (Wildman–Crippen LogP) is 1.92. The Labute approximate surface area is 141 Å². The summed E-state index contributed by atoms with van der Waals surface area (Å²) < 4.78 is 25.8. The molecule has 1 aromatic heterocycles. The highest BCUT2D eigenvalue weighted by Crippen LogP contribution is 2.30. The molecule has 0 bridgehead atoms. The third-order valence-electron chi connectivity index (χ3n) is 4.08. The number of amides is 1. The van der Waals surface area contributed by atoms with Crippen LogP contribution in [0.2, 0.25) is 0 Å². The average Bonchev–Trinajstić information content (AvgIpc) is 2.60. The van der Waals surface area contributed by atoms with Crippen LogP contribution in [0.1, 0.15) is 22.5 Å². The van der Waals surface area contributed by atoms with Gasteiger partial charge in [0.25, 0.3) is 5.91 Å². The van der Waals surface area contributed by atoms with Gasteiger partial charge in [0.05, 0.1) is 4.90 Å². The summed E-state index contributed by atoms with van der Waals surface area (Å²) in [5.41, 5.74) is 2.01. The van der Waals surface area contributed by atoms with Gasteiger partial charge in [-0.2, -0.15) is 0 Å². The maximum absolute atomic E-state index is 12.7. The van der Waals surface area contributed by atoms with Crippen LogP contribution < -0.4 is 4.90 Å². The Morgan fingerprint density at radius 1 is 1.21 bits per heavy atom. The van der Waals surface area contributed by atoms with Gasteiger partial charge in [-0.15, -0.1) is 0 Å². The van der Waals surface area contributed by atoms with Crippen molar-refractivity contribution in [3.8, 4) is 0 Å². The molecule has 0 spiro atoms. The van der Waals surface area contributed by atoms with Gasteiger partial charge < -0.3 is 4.90 Å². The minimum atomic E-state index is -3.48. The van der Waals surface area contributed by atoms with Crippen molar-refractivity contribution in [3.63, 3.8) is 0 Å². The first-order valence-corrected chi connectivity index (χ1v) is 9.13. The number of sulfonamides is 1. The van der Waals surface area contributed by atoms with Gasteiger partial charge in [-0.05, 0) is 48.7 Å². The zero-order chi connectivity index (χ0) is 17.3. The zero-order valence-electron chi connectivity index (χ0n) is 13.6. The molecule has 1 aliphatic rings. The number of pyridine rings is 1. The molecule has 0 radical (unpaired) electrons. The normalized spacial score (nSPS) is 14.5. The van der Waals surface area contributed by atoms with Gasteiger partial charge in [-0.3, -0.25) is 9.78 Å². The Morgan fingerprint density at radius 3 is 2.67 bits per heavy atom. The highest BCUT2D eigenvalue weighted by Gasteiger charge is 2.26. The first-order chi connectivity index (χ1) is 11.4. The highest BCUT2D eigenvalue weighted by molar-refractivity contribution is 7.89. The minimum Gasteiger partial charge on any atom is -0.307 e. The average molecular weight is 345 g/mol. The number of hydrogen-bond acceptors (Lipinski definition) is 4. The molecular weight excluding hydrogens is 326 g/mol. The number of carbonyl (C=O) groups is 1. The summed E-state index contributed by atoms with van der Waals surface area (Å²) in [6.45, 7) is 0.599. The highest BCUT2D eigenvalue weighted by atomic mass is 32.2. The Balaban J connectivity index is 1.99. The molecule has 1 aromatic carbocycles. The summed E-state index contributed by atoms with van der Waals surface area (Å²) in [6, 6.07) is 10.2. The van der Waals surface area contributed by atoms with E-state index in [1.165, 1.54) is 18.4 Å². The molecule has 2 heterocycles. The number of rotatable bonds is 3. The maximum atomic E-state index is 12.7. The summed E-state index contributed by atoms with van der Waals surface area (Å²) in [6.07, 6.45) is 3.13. The van der Waals surface area contributed by atoms with Crippen LogP contribution in [0.25, 0.3) is 0 Å². The second-order valence-corrected chi connectivity index (χ2v) is 8.01. The van der Waals surface area contributed by atoms with Crippen LogP contribution in [0, 0.1) is 0 Å². The van der Waals surface area contributed by atoms with Crippen LogP contribution in [-0.4, -0.2) is 44.3 Å². The summed E-state index contributed by atoms with van der Waals surface area (Å²) in [4.78, 5) is 18.7. The van der Waals surface area contributed by atoms with Gasteiger partial charge in [-0.1, -0.05) is 6.07 Å². The third kappa shape index (κ3) is 2.92. The molecular formula is C17H19N3O3S. The molecule has 0 atom stereocenters. The molecule has 0 unspecified atom stereocenters. The topological polar surface area (TPSA) is 70.6 Å². The Bertz CT molecular complexity index is 864. The second-order valence-electron chi connectivity index (χ2n) is 5.85. The zero-order valence-corrected chi connectivity index (χ0v) is 14.5. The molecule has 6 nitrogen and oxygen atoms in total. The molecule has 7 heteroatoms. The lowest BCUT2D eigenvalue weighted by Crippen LogP contribution is -2.36. The second kappa shape index (κ2) is 6.33. The quantitative estimate of drug-likeness (QED) is 0.852. The minimum absolute atomic E-state index is 0.167. The summed E-state index contributed by atoms with van der Waals surface area (Å²) in [7, 11) is -0.471. The van der Waals surface area contributed by atoms with E-state index in [4.69, 9.17) is 0 Å². The fraction of sp³-hybridized carbons (Fsp3) is 0.294. The van der Waals surface area contributed by atoms with Crippen LogP contribution in [0.3, 0.4) is 0 Å². The predicted molar refractivity (Wildman–Crippen MR) is 91.5 cm³/mol. The summed E-state index contributed by atoms with van der Waals surface area (Å²) in [5.74, 6) is -0.167. The van der Waals surface area contributed by atoms with E-state index >= 15 is 0 Å². The SMILES string of the molecule is CN(C)S(=O)(=O)c1ccc2c(c1)CCCN2C(=O)c1ccccn1. The molecule has 0 saturated heterocycles. The van der Waals surface area contributed by atoms with Crippen molar-refractivity contribution < 1.29 is 13.2 Å². The lowest BCUT2D eigenvalue weighted by atomic mass is 10.0. The molecule has 0 aliphatic carbocycles. The number of hydrogen-bond donors (Lipinski definition) is 0. The molecule has 0 N–H and O–H groups in total. The number of carbonyl (C=O) groups excluding carboxylic acids is 1. The van der Waals surface area contributed by atoms with E-state index in [0.717, 1.165) is 24.1 Å². The van der Waals surface area contributed by atoms with E-state index < -0.39 is 10.0 Å². The maximum Gasteiger partial charge on any atom is 0.276 e. The van der Waals surface area contributed by atoms with Gasteiger partial charge >= 0.3 is 0 Å². The van der Waals surface area contributed by atoms with Crippen molar-refractivity contribution in [2.24, 2.45) is 0 Å². The Hall–Kier alpha value is -2.25. The largest absolute Gasteiger partial charge is 0.307 e. The van der Waals surface area contributed by atoms with Crippen LogP contribution in [0.4, 0.5) is 5.69 Å². The van der Waals surface area contributed by atoms with Crippen molar-refractivity contribution >= 4 is 21.6 Å². The van der Waals surface area contributed by atoms with E-state index in [-0.39, 0.29) is 10.8 Å². The molecule has 126 valence electrons. The van der Waals surface area contributed by atoms with E-state index in [0.29, 0.717) is 12.2 Å². The molecule has 0 fully saturated rings. The lowest BCUT2D eigenvalue weighted by Gasteiger charge is -2.29. The first kappa shape index (κ1) is 16.6. The van der Waals surface area contributed by atoms with Crippen LogP contribution in [0.5, 0.6) is 0 Å². The van der Waals surface area contributed by atoms with Gasteiger partial charge in [-0.25, -0.2) is 12.7 Å². The molecule has 3 rings (SSSR count). The lowest BCUT2D eigenvalue weighted by molar-refractivity contribution is 0.0980. The smallest absolute Gasteiger partial charge is 0.276 e. The van der Waals surface area contributed by atoms with E-state index in [2.05, 4.69) is 4.98 Å². The molecule has 0 saturated carbocycles. The molecule has 2 aromatic rings. The van der Waals surface area contributed by atoms with Crippen LogP contribution in [0.15, 0.2) is 47.5 Å². The van der Waals surface area contributed by atoms with Crippen LogP contribution >= 0.6 is 0 Å². The van der Waals surface area contributed by atoms with Gasteiger partial charge in [0.2, 0.25) is 10.0 Å². The van der Waals surface area contributed by atoms with E-state index in [1.807, 2.05) is 0 Å². The van der Waals surface area contributed by atoms with Gasteiger partial charge in [0.1, 0.15) is 5.69 Å². The van der Waals surface area contributed by atoms with Gasteiger partial charge in [0.15, 0.2) is 0 Å².